The number of ether oxygens (including phenoxy) is 1. The van der Waals surface area contributed by atoms with Crippen LogP contribution in [0.5, 0.6) is 5.75 Å². The highest BCUT2D eigenvalue weighted by molar-refractivity contribution is 9.10. The summed E-state index contributed by atoms with van der Waals surface area (Å²) in [6.45, 7) is 3.76. The molecule has 0 fully saturated rings. The van der Waals surface area contributed by atoms with Crippen LogP contribution >= 0.6 is 39.1 Å². The van der Waals surface area contributed by atoms with Crippen LogP contribution in [0.3, 0.4) is 0 Å². The van der Waals surface area contributed by atoms with Gasteiger partial charge < -0.3 is 4.74 Å². The fourth-order valence-electron chi connectivity index (χ4n) is 3.50. The Bertz CT molecular complexity index is 1570. The lowest BCUT2D eigenvalue weighted by molar-refractivity contribution is -0.385. The molecule has 8 nitrogen and oxygen atoms in total. The Labute approximate surface area is 224 Å². The summed E-state index contributed by atoms with van der Waals surface area (Å²) in [5.74, 6) is 0.329. The lowest BCUT2D eigenvalue weighted by atomic mass is 10.1. The van der Waals surface area contributed by atoms with Gasteiger partial charge >= 0.3 is 5.69 Å². The maximum absolute atomic E-state index is 13.3. The first-order valence-electron chi connectivity index (χ1n) is 10.8. The van der Waals surface area contributed by atoms with E-state index in [2.05, 4.69) is 26.0 Å². The minimum absolute atomic E-state index is 0.00657. The van der Waals surface area contributed by atoms with Crippen molar-refractivity contribution in [3.8, 4) is 5.75 Å². The molecule has 0 spiro atoms. The minimum Gasteiger partial charge on any atom is -0.481 e. The third-order valence-electron chi connectivity index (χ3n) is 5.27. The normalized spacial score (nSPS) is 11.5. The van der Waals surface area contributed by atoms with Crippen LogP contribution in [-0.4, -0.2) is 20.8 Å². The molecule has 36 heavy (non-hydrogen) atoms. The van der Waals surface area contributed by atoms with Crippen molar-refractivity contribution in [1.82, 2.24) is 9.66 Å². The summed E-state index contributed by atoms with van der Waals surface area (Å²) in [4.78, 5) is 29.1. The van der Waals surface area contributed by atoms with Crippen LogP contribution in [0.15, 0.2) is 69.0 Å². The highest BCUT2D eigenvalue weighted by Gasteiger charge is 2.20. The molecule has 184 valence electrons. The molecule has 0 amide bonds. The van der Waals surface area contributed by atoms with Crippen molar-refractivity contribution in [2.24, 2.45) is 5.10 Å². The van der Waals surface area contributed by atoms with Gasteiger partial charge in [0, 0.05) is 37.6 Å². The number of fused-ring (bicyclic) bond motifs is 1. The average Bonchev–Trinajstić information content (AvgIpc) is 2.83. The maximum atomic E-state index is 13.3. The van der Waals surface area contributed by atoms with Gasteiger partial charge in [-0.2, -0.15) is 9.78 Å². The third-order valence-corrected chi connectivity index (χ3v) is 6.35. The molecular formula is C25H19BrCl2N4O4. The van der Waals surface area contributed by atoms with Crippen LogP contribution in [0, 0.1) is 10.1 Å². The molecule has 3 aromatic carbocycles. The minimum atomic E-state index is -0.545. The standard InChI is InChI=1S/C25H19BrCl2N4O4/c1-14(2)24-30-21-9-7-17(26)10-19(21)25(33)31(24)29-12-15-4-3-5-22(32(34)35)23(15)36-13-16-6-8-18(27)11-20(16)28/h3-12,14H,13H2,1-2H3. The molecule has 0 N–H and O–H groups in total. The van der Waals surface area contributed by atoms with Crippen LogP contribution < -0.4 is 10.3 Å². The van der Waals surface area contributed by atoms with E-state index in [0.717, 1.165) is 4.47 Å². The van der Waals surface area contributed by atoms with Gasteiger partial charge in [0.05, 0.1) is 22.0 Å². The molecule has 11 heteroatoms. The lowest BCUT2D eigenvalue weighted by Gasteiger charge is -2.13. The Morgan fingerprint density at radius 3 is 2.67 bits per heavy atom. The number of hydrogen-bond acceptors (Lipinski definition) is 6. The van der Waals surface area contributed by atoms with Crippen LogP contribution in [0.2, 0.25) is 10.0 Å². The molecule has 0 aliphatic carbocycles. The molecule has 1 heterocycles. The zero-order valence-corrected chi connectivity index (χ0v) is 22.2. The Hall–Kier alpha value is -3.27. The summed E-state index contributed by atoms with van der Waals surface area (Å²) >= 11 is 15.6. The zero-order chi connectivity index (χ0) is 26.0. The van der Waals surface area contributed by atoms with Crippen molar-refractivity contribution in [2.45, 2.75) is 26.4 Å². The summed E-state index contributed by atoms with van der Waals surface area (Å²) in [5.41, 5.74) is 0.857. The smallest absolute Gasteiger partial charge is 0.311 e. The van der Waals surface area contributed by atoms with E-state index in [4.69, 9.17) is 27.9 Å². The van der Waals surface area contributed by atoms with E-state index >= 15 is 0 Å². The van der Waals surface area contributed by atoms with Gasteiger partial charge in [0.25, 0.3) is 5.56 Å². The van der Waals surface area contributed by atoms with E-state index in [1.165, 1.54) is 23.0 Å². The van der Waals surface area contributed by atoms with Gasteiger partial charge in [-0.05, 0) is 36.4 Å². The molecule has 1 aromatic heterocycles. The summed E-state index contributed by atoms with van der Waals surface area (Å²) in [5, 5.41) is 17.3. The number of para-hydroxylation sites is 1. The maximum Gasteiger partial charge on any atom is 0.311 e. The molecule has 0 bridgehead atoms. The molecule has 0 aliphatic rings. The Kier molecular flexibility index (Phi) is 7.73. The van der Waals surface area contributed by atoms with Crippen molar-refractivity contribution < 1.29 is 9.66 Å². The second kappa shape index (κ2) is 10.8. The van der Waals surface area contributed by atoms with Crippen molar-refractivity contribution in [3.63, 3.8) is 0 Å². The lowest BCUT2D eigenvalue weighted by Crippen LogP contribution is -2.23. The first-order chi connectivity index (χ1) is 17.2. The van der Waals surface area contributed by atoms with E-state index < -0.39 is 4.92 Å². The SMILES string of the molecule is CC(C)c1nc2ccc(Br)cc2c(=O)n1N=Cc1cccc([N+](=O)[O-])c1OCc1ccc(Cl)cc1Cl. The third kappa shape index (κ3) is 5.43. The van der Waals surface area contributed by atoms with Crippen molar-refractivity contribution in [3.05, 3.63) is 107 Å². The van der Waals surface area contributed by atoms with E-state index in [-0.39, 0.29) is 29.5 Å². The highest BCUT2D eigenvalue weighted by Crippen LogP contribution is 2.32. The summed E-state index contributed by atoms with van der Waals surface area (Å²) in [6, 6.07) is 14.6. The van der Waals surface area contributed by atoms with Crippen molar-refractivity contribution in [1.29, 1.82) is 0 Å². The van der Waals surface area contributed by atoms with Gasteiger partial charge in [-0.3, -0.25) is 14.9 Å². The molecule has 0 saturated heterocycles. The second-order valence-corrected chi connectivity index (χ2v) is 9.88. The van der Waals surface area contributed by atoms with Gasteiger partial charge in [0.15, 0.2) is 0 Å². The number of rotatable bonds is 7. The monoisotopic (exact) mass is 588 g/mol. The number of benzene rings is 3. The Morgan fingerprint density at radius 1 is 1.19 bits per heavy atom. The largest absolute Gasteiger partial charge is 0.481 e. The summed E-state index contributed by atoms with van der Waals surface area (Å²) < 4.78 is 7.79. The topological polar surface area (TPSA) is 99.6 Å². The van der Waals surface area contributed by atoms with Gasteiger partial charge in [0.1, 0.15) is 12.4 Å². The number of hydrogen-bond donors (Lipinski definition) is 0. The fraction of sp³-hybridized carbons (Fsp3) is 0.160. The van der Waals surface area contributed by atoms with Crippen LogP contribution in [-0.2, 0) is 6.61 Å². The predicted molar refractivity (Wildman–Crippen MR) is 145 cm³/mol. The van der Waals surface area contributed by atoms with E-state index in [1.54, 1.807) is 36.4 Å². The zero-order valence-electron chi connectivity index (χ0n) is 19.1. The molecule has 0 aliphatic heterocycles. The Morgan fingerprint density at radius 2 is 1.97 bits per heavy atom. The van der Waals surface area contributed by atoms with Gasteiger partial charge in [-0.1, -0.05) is 65.1 Å². The molecule has 0 saturated carbocycles. The summed E-state index contributed by atoms with van der Waals surface area (Å²) in [7, 11) is 0. The quantitative estimate of drug-likeness (QED) is 0.132. The molecule has 0 atom stereocenters. The van der Waals surface area contributed by atoms with Gasteiger partial charge in [-0.25, -0.2) is 4.98 Å². The number of aromatic nitrogens is 2. The van der Waals surface area contributed by atoms with Gasteiger partial charge in [0.2, 0.25) is 5.75 Å². The van der Waals surface area contributed by atoms with E-state index in [1.807, 2.05) is 19.9 Å². The number of halogens is 3. The molecule has 0 radical (unpaired) electrons. The highest BCUT2D eigenvalue weighted by atomic mass is 79.9. The molecule has 4 aromatic rings. The first kappa shape index (κ1) is 25.8. The van der Waals surface area contributed by atoms with Gasteiger partial charge in [-0.15, -0.1) is 0 Å². The van der Waals surface area contributed by atoms with Crippen LogP contribution in [0.25, 0.3) is 10.9 Å². The fourth-order valence-corrected chi connectivity index (χ4v) is 4.33. The second-order valence-electron chi connectivity index (χ2n) is 8.12. The molecular weight excluding hydrogens is 571 g/mol. The molecule has 0 unspecified atom stereocenters. The van der Waals surface area contributed by atoms with Crippen LogP contribution in [0.1, 0.15) is 36.7 Å². The average molecular weight is 590 g/mol. The molecule has 4 rings (SSSR count). The van der Waals surface area contributed by atoms with E-state index in [0.29, 0.717) is 37.9 Å². The number of nitro groups is 1. The Balaban J connectivity index is 1.79. The van der Waals surface area contributed by atoms with Crippen LogP contribution in [0.4, 0.5) is 5.69 Å². The van der Waals surface area contributed by atoms with Crippen molar-refractivity contribution in [2.75, 3.05) is 0 Å². The summed E-state index contributed by atoms with van der Waals surface area (Å²) in [6.07, 6.45) is 1.35. The number of nitro benzene ring substituents is 1. The predicted octanol–water partition coefficient (Wildman–Crippen LogP) is 6.96. The van der Waals surface area contributed by atoms with Crippen molar-refractivity contribution >= 4 is 61.9 Å². The number of nitrogens with zero attached hydrogens (tertiary/aromatic N) is 4. The first-order valence-corrected chi connectivity index (χ1v) is 12.3. The van der Waals surface area contributed by atoms with E-state index in [9.17, 15) is 14.9 Å².